The van der Waals surface area contributed by atoms with Gasteiger partial charge in [-0.05, 0) is 26.3 Å². The molecule has 0 radical (unpaired) electrons. The Balaban J connectivity index is 1.91. The molecule has 2 atom stereocenters. The van der Waals surface area contributed by atoms with Crippen molar-refractivity contribution in [1.29, 1.82) is 0 Å². The van der Waals surface area contributed by atoms with Crippen LogP contribution in [0.1, 0.15) is 25.8 Å². The monoisotopic (exact) mass is 277 g/mol. The average molecular weight is 277 g/mol. The van der Waals surface area contributed by atoms with Crippen LogP contribution in [0.5, 0.6) is 5.75 Å². The van der Waals surface area contributed by atoms with Crippen molar-refractivity contribution in [1.82, 2.24) is 5.32 Å². The first-order chi connectivity index (χ1) is 9.49. The molecule has 1 aromatic carbocycles. The van der Waals surface area contributed by atoms with E-state index >= 15 is 0 Å². The summed E-state index contributed by atoms with van der Waals surface area (Å²) in [7, 11) is 0. The molecule has 1 fully saturated rings. The number of ether oxygens (including phenoxy) is 1. The van der Waals surface area contributed by atoms with E-state index in [4.69, 9.17) is 9.84 Å². The highest BCUT2D eigenvalue weighted by molar-refractivity contribution is 5.89. The molecule has 0 aromatic heterocycles. The Kier molecular flexibility index (Phi) is 4.27. The highest BCUT2D eigenvalue weighted by atomic mass is 16.5. The summed E-state index contributed by atoms with van der Waals surface area (Å²) >= 11 is 0. The average Bonchev–Trinajstić information content (AvgIpc) is 3.17. The zero-order valence-corrected chi connectivity index (χ0v) is 11.6. The van der Waals surface area contributed by atoms with Gasteiger partial charge in [0.1, 0.15) is 5.75 Å². The summed E-state index contributed by atoms with van der Waals surface area (Å²) < 4.78 is 5.67. The van der Waals surface area contributed by atoms with Gasteiger partial charge in [0, 0.05) is 12.1 Å². The van der Waals surface area contributed by atoms with Crippen LogP contribution in [0.4, 0.5) is 0 Å². The summed E-state index contributed by atoms with van der Waals surface area (Å²) in [5.74, 6) is -1.25. The van der Waals surface area contributed by atoms with Crippen molar-refractivity contribution >= 4 is 11.9 Å². The molecule has 1 aliphatic rings. The summed E-state index contributed by atoms with van der Waals surface area (Å²) in [6, 6.07) is 7.51. The lowest BCUT2D eigenvalue weighted by molar-refractivity contribution is -0.140. The van der Waals surface area contributed by atoms with E-state index in [1.165, 1.54) is 0 Å². The Morgan fingerprint density at radius 1 is 1.35 bits per heavy atom. The fourth-order valence-corrected chi connectivity index (χ4v) is 2.09. The van der Waals surface area contributed by atoms with Gasteiger partial charge in [-0.15, -0.1) is 0 Å². The lowest BCUT2D eigenvalue weighted by atomic mass is 10.2. The molecule has 0 spiro atoms. The fraction of sp³-hybridized carbons (Fsp3) is 0.467. The van der Waals surface area contributed by atoms with Crippen molar-refractivity contribution in [3.8, 4) is 5.75 Å². The molecule has 1 saturated carbocycles. The predicted molar refractivity (Wildman–Crippen MR) is 73.3 cm³/mol. The van der Waals surface area contributed by atoms with Crippen molar-refractivity contribution < 1.29 is 19.4 Å². The van der Waals surface area contributed by atoms with E-state index < -0.39 is 11.9 Å². The van der Waals surface area contributed by atoms with Gasteiger partial charge in [0.25, 0.3) is 0 Å². The van der Waals surface area contributed by atoms with E-state index in [9.17, 15) is 9.59 Å². The van der Waals surface area contributed by atoms with Crippen LogP contribution in [0.15, 0.2) is 24.3 Å². The summed E-state index contributed by atoms with van der Waals surface area (Å²) in [6.45, 7) is 4.23. The number of carboxylic acids is 1. The first-order valence-electron chi connectivity index (χ1n) is 6.74. The normalized spacial score (nSPS) is 20.6. The van der Waals surface area contributed by atoms with Gasteiger partial charge in [0.05, 0.1) is 17.9 Å². The molecule has 0 saturated heterocycles. The number of hydrogen-bond acceptors (Lipinski definition) is 3. The molecule has 0 aliphatic heterocycles. The molecule has 5 heteroatoms. The molecule has 1 aromatic rings. The maximum atomic E-state index is 11.8. The van der Waals surface area contributed by atoms with E-state index in [0.717, 1.165) is 11.3 Å². The van der Waals surface area contributed by atoms with E-state index in [1.807, 2.05) is 38.1 Å². The third-order valence-corrected chi connectivity index (χ3v) is 3.23. The minimum Gasteiger partial charge on any atom is -0.491 e. The number of benzene rings is 1. The summed E-state index contributed by atoms with van der Waals surface area (Å²) in [5, 5.41) is 11.6. The number of para-hydroxylation sites is 1. The molecule has 2 unspecified atom stereocenters. The van der Waals surface area contributed by atoms with Crippen molar-refractivity contribution in [2.24, 2.45) is 11.8 Å². The largest absolute Gasteiger partial charge is 0.491 e. The number of hydrogen-bond donors (Lipinski definition) is 2. The van der Waals surface area contributed by atoms with Crippen LogP contribution in [0.3, 0.4) is 0 Å². The second kappa shape index (κ2) is 5.94. The van der Waals surface area contributed by atoms with Gasteiger partial charge in [0.15, 0.2) is 0 Å². The summed E-state index contributed by atoms with van der Waals surface area (Å²) in [5.41, 5.74) is 0.891. The fourth-order valence-electron chi connectivity index (χ4n) is 2.09. The van der Waals surface area contributed by atoms with Crippen LogP contribution in [0.2, 0.25) is 0 Å². The summed E-state index contributed by atoms with van der Waals surface area (Å²) in [6.07, 6.45) is 0.498. The number of carboxylic acid groups (broad SMARTS) is 1. The molecular weight excluding hydrogens is 258 g/mol. The number of rotatable bonds is 6. The van der Waals surface area contributed by atoms with Crippen LogP contribution in [-0.4, -0.2) is 23.1 Å². The van der Waals surface area contributed by atoms with Crippen molar-refractivity contribution in [2.45, 2.75) is 32.9 Å². The zero-order chi connectivity index (χ0) is 14.7. The second-order valence-electron chi connectivity index (χ2n) is 5.28. The van der Waals surface area contributed by atoms with Crippen molar-refractivity contribution in [3.63, 3.8) is 0 Å². The zero-order valence-electron chi connectivity index (χ0n) is 11.6. The molecule has 2 N–H and O–H groups in total. The maximum Gasteiger partial charge on any atom is 0.307 e. The topological polar surface area (TPSA) is 75.6 Å². The van der Waals surface area contributed by atoms with E-state index in [1.54, 1.807) is 0 Å². The predicted octanol–water partition coefficient (Wildman–Crippen LogP) is 1.81. The molecule has 2 rings (SSSR count). The van der Waals surface area contributed by atoms with Gasteiger partial charge in [0.2, 0.25) is 5.91 Å². The third-order valence-electron chi connectivity index (χ3n) is 3.23. The lowest BCUT2D eigenvalue weighted by Crippen LogP contribution is -2.26. The molecule has 0 heterocycles. The Morgan fingerprint density at radius 2 is 2.05 bits per heavy atom. The smallest absolute Gasteiger partial charge is 0.307 e. The number of carbonyl (C=O) groups excluding carboxylic acids is 1. The van der Waals surface area contributed by atoms with Crippen LogP contribution in [0, 0.1) is 11.8 Å². The van der Waals surface area contributed by atoms with E-state index in [2.05, 4.69) is 5.32 Å². The highest BCUT2D eigenvalue weighted by Crippen LogP contribution is 2.38. The Hall–Kier alpha value is -2.04. The SMILES string of the molecule is CC(C)Oc1ccccc1CNC(=O)C1CC1C(=O)O. The Bertz CT molecular complexity index is 512. The number of aliphatic carboxylic acids is 1. The van der Waals surface area contributed by atoms with Gasteiger partial charge < -0.3 is 15.2 Å². The summed E-state index contributed by atoms with van der Waals surface area (Å²) in [4.78, 5) is 22.5. The molecule has 0 bridgehead atoms. The lowest BCUT2D eigenvalue weighted by Gasteiger charge is -2.14. The van der Waals surface area contributed by atoms with Crippen molar-refractivity contribution in [3.05, 3.63) is 29.8 Å². The van der Waals surface area contributed by atoms with Crippen LogP contribution >= 0.6 is 0 Å². The van der Waals surface area contributed by atoms with Crippen LogP contribution in [-0.2, 0) is 16.1 Å². The molecule has 1 amide bonds. The van der Waals surface area contributed by atoms with Gasteiger partial charge in [-0.2, -0.15) is 0 Å². The minimum atomic E-state index is -0.895. The molecule has 5 nitrogen and oxygen atoms in total. The standard InChI is InChI=1S/C15H19NO4/c1-9(2)20-13-6-4-3-5-10(13)8-16-14(17)11-7-12(11)15(18)19/h3-6,9,11-12H,7-8H2,1-2H3,(H,16,17)(H,18,19). The van der Waals surface area contributed by atoms with Gasteiger partial charge in [-0.25, -0.2) is 0 Å². The highest BCUT2D eigenvalue weighted by Gasteiger charge is 2.48. The minimum absolute atomic E-state index is 0.0617. The number of nitrogens with one attached hydrogen (secondary N) is 1. The number of carbonyl (C=O) groups is 2. The van der Waals surface area contributed by atoms with E-state index in [0.29, 0.717) is 13.0 Å². The second-order valence-corrected chi connectivity index (χ2v) is 5.28. The van der Waals surface area contributed by atoms with Gasteiger partial charge in [-0.1, -0.05) is 18.2 Å². The Morgan fingerprint density at radius 3 is 2.65 bits per heavy atom. The van der Waals surface area contributed by atoms with Crippen LogP contribution in [0.25, 0.3) is 0 Å². The first-order valence-corrected chi connectivity index (χ1v) is 6.74. The molecule has 1 aliphatic carbocycles. The third kappa shape index (κ3) is 3.50. The first kappa shape index (κ1) is 14.4. The quantitative estimate of drug-likeness (QED) is 0.831. The molecular formula is C15H19NO4. The maximum absolute atomic E-state index is 11.8. The number of amides is 1. The molecule has 20 heavy (non-hydrogen) atoms. The van der Waals surface area contributed by atoms with E-state index in [-0.39, 0.29) is 17.9 Å². The van der Waals surface area contributed by atoms with Crippen molar-refractivity contribution in [2.75, 3.05) is 0 Å². The molecule has 108 valence electrons. The van der Waals surface area contributed by atoms with Gasteiger partial charge in [-0.3, -0.25) is 9.59 Å². The van der Waals surface area contributed by atoms with Crippen LogP contribution < -0.4 is 10.1 Å². The Labute approximate surface area is 117 Å². The van der Waals surface area contributed by atoms with Gasteiger partial charge >= 0.3 is 5.97 Å².